The maximum Gasteiger partial charge on any atom is 0.278 e. The third-order valence-electron chi connectivity index (χ3n) is 4.89. The summed E-state index contributed by atoms with van der Waals surface area (Å²) in [6, 6.07) is 7.19. The molecule has 30 heavy (non-hydrogen) atoms. The van der Waals surface area contributed by atoms with Crippen molar-refractivity contribution in [2.24, 2.45) is 0 Å². The molecule has 1 aliphatic carbocycles. The standard InChI is InChI=1S/C20H25ClN4O4S/c1-4-29-24-20(26)15-12-22-19(21)11-17(15)23-16-9-8-14(13-6-7-13)10-18(16)25(3)30(27,28)5-2/h8-13H,4-7H2,1-3H3,(H,22,23)(H,24,26). The molecule has 0 aliphatic heterocycles. The highest BCUT2D eigenvalue weighted by Crippen LogP contribution is 2.43. The van der Waals surface area contributed by atoms with Gasteiger partial charge in [-0.2, -0.15) is 0 Å². The molecule has 2 aromatic rings. The van der Waals surface area contributed by atoms with Crippen LogP contribution in [0.2, 0.25) is 5.15 Å². The van der Waals surface area contributed by atoms with E-state index in [0.717, 1.165) is 18.4 Å². The van der Waals surface area contributed by atoms with Gasteiger partial charge in [0.2, 0.25) is 10.0 Å². The number of pyridine rings is 1. The van der Waals surface area contributed by atoms with E-state index in [1.54, 1.807) is 13.8 Å². The lowest BCUT2D eigenvalue weighted by molar-refractivity contribution is 0.0365. The summed E-state index contributed by atoms with van der Waals surface area (Å²) >= 11 is 6.04. The molecule has 1 saturated carbocycles. The van der Waals surface area contributed by atoms with Crippen LogP contribution in [0.25, 0.3) is 0 Å². The van der Waals surface area contributed by atoms with E-state index in [9.17, 15) is 13.2 Å². The van der Waals surface area contributed by atoms with Crippen LogP contribution >= 0.6 is 11.6 Å². The van der Waals surface area contributed by atoms with Gasteiger partial charge in [-0.15, -0.1) is 0 Å². The number of nitrogens with one attached hydrogen (secondary N) is 2. The Balaban J connectivity index is 2.02. The smallest absolute Gasteiger partial charge is 0.278 e. The summed E-state index contributed by atoms with van der Waals surface area (Å²) in [6.45, 7) is 3.65. The first-order valence-electron chi connectivity index (χ1n) is 9.72. The molecule has 0 atom stereocenters. The van der Waals surface area contributed by atoms with Crippen LogP contribution in [0, 0.1) is 0 Å². The number of aromatic nitrogens is 1. The normalized spacial score (nSPS) is 13.7. The Morgan fingerprint density at radius 2 is 2.00 bits per heavy atom. The molecule has 1 aliphatic rings. The molecule has 162 valence electrons. The summed E-state index contributed by atoms with van der Waals surface area (Å²) in [5.74, 6) is -0.0627. The number of anilines is 3. The lowest BCUT2D eigenvalue weighted by Crippen LogP contribution is -2.29. The Bertz CT molecular complexity index is 1040. The molecule has 0 saturated heterocycles. The zero-order valence-electron chi connectivity index (χ0n) is 17.1. The second kappa shape index (κ2) is 9.20. The van der Waals surface area contributed by atoms with Gasteiger partial charge in [-0.25, -0.2) is 18.9 Å². The lowest BCUT2D eigenvalue weighted by Gasteiger charge is -2.24. The molecule has 1 heterocycles. The Morgan fingerprint density at radius 3 is 2.63 bits per heavy atom. The van der Waals surface area contributed by atoms with Gasteiger partial charge in [-0.1, -0.05) is 17.7 Å². The van der Waals surface area contributed by atoms with Crippen molar-refractivity contribution in [3.63, 3.8) is 0 Å². The van der Waals surface area contributed by atoms with E-state index in [-0.39, 0.29) is 16.5 Å². The average molecular weight is 453 g/mol. The van der Waals surface area contributed by atoms with Crippen molar-refractivity contribution in [3.05, 3.63) is 46.7 Å². The molecule has 1 amide bonds. The largest absolute Gasteiger partial charge is 0.353 e. The second-order valence-electron chi connectivity index (χ2n) is 6.96. The molecule has 3 rings (SSSR count). The number of rotatable bonds is 9. The van der Waals surface area contributed by atoms with E-state index in [4.69, 9.17) is 16.4 Å². The van der Waals surface area contributed by atoms with E-state index in [2.05, 4.69) is 15.8 Å². The van der Waals surface area contributed by atoms with Crippen LogP contribution < -0.4 is 15.1 Å². The topological polar surface area (TPSA) is 101 Å². The van der Waals surface area contributed by atoms with Gasteiger partial charge in [-0.05, 0) is 56.4 Å². The van der Waals surface area contributed by atoms with E-state index < -0.39 is 15.9 Å². The summed E-state index contributed by atoms with van der Waals surface area (Å²) in [5, 5.41) is 3.35. The third-order valence-corrected chi connectivity index (χ3v) is 6.85. The Labute approximate surface area is 181 Å². The van der Waals surface area contributed by atoms with E-state index in [0.29, 0.717) is 29.6 Å². The van der Waals surface area contributed by atoms with E-state index in [1.165, 1.54) is 23.6 Å². The van der Waals surface area contributed by atoms with Crippen molar-refractivity contribution in [1.29, 1.82) is 0 Å². The highest BCUT2D eigenvalue weighted by atomic mass is 35.5. The SMILES string of the molecule is CCONC(=O)c1cnc(Cl)cc1Nc1ccc(C2CC2)cc1N(C)S(=O)(=O)CC. The quantitative estimate of drug-likeness (QED) is 0.443. The maximum absolute atomic E-state index is 12.5. The Morgan fingerprint density at radius 1 is 1.27 bits per heavy atom. The molecule has 1 aromatic heterocycles. The van der Waals surface area contributed by atoms with Crippen LogP contribution in [0.15, 0.2) is 30.5 Å². The van der Waals surface area contributed by atoms with Crippen molar-refractivity contribution < 1.29 is 18.0 Å². The summed E-state index contributed by atoms with van der Waals surface area (Å²) in [5.41, 5.74) is 5.06. The lowest BCUT2D eigenvalue weighted by atomic mass is 10.1. The predicted molar refractivity (Wildman–Crippen MR) is 118 cm³/mol. The number of nitrogens with zero attached hydrogens (tertiary/aromatic N) is 2. The van der Waals surface area contributed by atoms with Gasteiger partial charge in [0.25, 0.3) is 5.91 Å². The first kappa shape index (κ1) is 22.3. The minimum absolute atomic E-state index is 0.0281. The summed E-state index contributed by atoms with van der Waals surface area (Å²) < 4.78 is 26.3. The second-order valence-corrected chi connectivity index (χ2v) is 9.64. The summed E-state index contributed by atoms with van der Waals surface area (Å²) in [4.78, 5) is 21.4. The Hall–Kier alpha value is -2.36. The average Bonchev–Trinajstić information content (AvgIpc) is 3.57. The molecule has 0 unspecified atom stereocenters. The minimum Gasteiger partial charge on any atom is -0.353 e. The van der Waals surface area contributed by atoms with Gasteiger partial charge in [0.05, 0.1) is 35.0 Å². The molecule has 2 N–H and O–H groups in total. The molecule has 8 nitrogen and oxygen atoms in total. The van der Waals surface area contributed by atoms with Crippen LogP contribution in [0.1, 0.15) is 48.5 Å². The molecule has 0 radical (unpaired) electrons. The number of halogens is 1. The first-order chi connectivity index (χ1) is 14.3. The molecule has 1 fully saturated rings. The van der Waals surface area contributed by atoms with Gasteiger partial charge in [-0.3, -0.25) is 13.9 Å². The monoisotopic (exact) mass is 452 g/mol. The van der Waals surface area contributed by atoms with Gasteiger partial charge >= 0.3 is 0 Å². The van der Waals surface area contributed by atoms with Crippen LogP contribution in [0.5, 0.6) is 0 Å². The summed E-state index contributed by atoms with van der Waals surface area (Å²) in [6.07, 6.45) is 3.53. The molecule has 10 heteroatoms. The van der Waals surface area contributed by atoms with Gasteiger partial charge in [0.1, 0.15) is 5.15 Å². The minimum atomic E-state index is -3.48. The number of benzene rings is 1. The molecule has 0 bridgehead atoms. The fourth-order valence-electron chi connectivity index (χ4n) is 2.98. The number of carbonyl (C=O) groups excluding carboxylic acids is 1. The fourth-order valence-corrected chi connectivity index (χ4v) is 3.98. The zero-order chi connectivity index (χ0) is 21.9. The van der Waals surface area contributed by atoms with Crippen molar-refractivity contribution in [2.45, 2.75) is 32.6 Å². The highest BCUT2D eigenvalue weighted by molar-refractivity contribution is 7.92. The number of amides is 1. The van der Waals surface area contributed by atoms with Crippen molar-refractivity contribution in [2.75, 3.05) is 29.0 Å². The number of hydrogen-bond donors (Lipinski definition) is 2. The molecular weight excluding hydrogens is 428 g/mol. The molecular formula is C20H25ClN4O4S. The van der Waals surface area contributed by atoms with Gasteiger partial charge in [0, 0.05) is 13.2 Å². The summed E-state index contributed by atoms with van der Waals surface area (Å²) in [7, 11) is -1.95. The highest BCUT2D eigenvalue weighted by Gasteiger charge is 2.27. The van der Waals surface area contributed by atoms with Gasteiger partial charge < -0.3 is 5.32 Å². The van der Waals surface area contributed by atoms with Crippen LogP contribution in [-0.4, -0.2) is 38.7 Å². The van der Waals surface area contributed by atoms with Crippen molar-refractivity contribution >= 4 is 44.6 Å². The zero-order valence-corrected chi connectivity index (χ0v) is 18.7. The van der Waals surface area contributed by atoms with E-state index >= 15 is 0 Å². The number of carbonyl (C=O) groups is 1. The van der Waals surface area contributed by atoms with Crippen molar-refractivity contribution in [1.82, 2.24) is 10.5 Å². The third kappa shape index (κ3) is 5.03. The number of sulfonamides is 1. The van der Waals surface area contributed by atoms with Crippen LogP contribution in [0.3, 0.4) is 0 Å². The maximum atomic E-state index is 12.5. The fraction of sp³-hybridized carbons (Fsp3) is 0.400. The number of hydrogen-bond acceptors (Lipinski definition) is 6. The number of hydroxylamine groups is 1. The van der Waals surface area contributed by atoms with Gasteiger partial charge in [0.15, 0.2) is 0 Å². The predicted octanol–water partition coefficient (Wildman–Crippen LogP) is 3.82. The Kier molecular flexibility index (Phi) is 6.84. The van der Waals surface area contributed by atoms with Crippen LogP contribution in [0.4, 0.5) is 17.1 Å². The van der Waals surface area contributed by atoms with E-state index in [1.807, 2.05) is 18.2 Å². The first-order valence-corrected chi connectivity index (χ1v) is 11.7. The molecule has 1 aromatic carbocycles. The van der Waals surface area contributed by atoms with Crippen LogP contribution in [-0.2, 0) is 14.9 Å². The molecule has 0 spiro atoms. The van der Waals surface area contributed by atoms with Crippen molar-refractivity contribution in [3.8, 4) is 0 Å².